The number of carbonyl (C=O) groups excluding carboxylic acids is 1. The number of benzene rings is 1. The van der Waals surface area contributed by atoms with Crippen LogP contribution in [0.4, 0.5) is 0 Å². The summed E-state index contributed by atoms with van der Waals surface area (Å²) in [5.74, 6) is 6.72. The molecule has 0 fully saturated rings. The van der Waals surface area contributed by atoms with Crippen molar-refractivity contribution in [3.8, 4) is 0 Å². The fourth-order valence-corrected chi connectivity index (χ4v) is 2.48. The van der Waals surface area contributed by atoms with Crippen LogP contribution in [-0.2, 0) is 17.0 Å². The smallest absolute Gasteiger partial charge is 0.238 e. The van der Waals surface area contributed by atoms with E-state index in [2.05, 4.69) is 5.43 Å². The average molecular weight is 267 g/mol. The second-order valence-electron chi connectivity index (χ2n) is 5.04. The highest BCUT2D eigenvalue weighted by atomic mass is 32.2. The van der Waals surface area contributed by atoms with Crippen molar-refractivity contribution in [3.05, 3.63) is 35.4 Å². The molecule has 1 aromatic rings. The highest BCUT2D eigenvalue weighted by molar-refractivity contribution is 7.98. The molecule has 0 bridgehead atoms. The Kier molecular flexibility index (Phi) is 5.65. The van der Waals surface area contributed by atoms with Gasteiger partial charge in [0.25, 0.3) is 0 Å². The van der Waals surface area contributed by atoms with Crippen molar-refractivity contribution in [2.45, 2.75) is 31.6 Å². The van der Waals surface area contributed by atoms with Crippen LogP contribution in [0.2, 0.25) is 0 Å². The maximum absolute atomic E-state index is 11.1. The minimum absolute atomic E-state index is 0.135. The van der Waals surface area contributed by atoms with Gasteiger partial charge in [-0.1, -0.05) is 24.3 Å². The fourth-order valence-electron chi connectivity index (χ4n) is 1.42. The van der Waals surface area contributed by atoms with Crippen LogP contribution in [0.15, 0.2) is 24.3 Å². The lowest BCUT2D eigenvalue weighted by Crippen LogP contribution is -2.34. The van der Waals surface area contributed by atoms with Crippen LogP contribution in [0.3, 0.4) is 0 Å². The predicted molar refractivity (Wildman–Crippen MR) is 76.9 cm³/mol. The third kappa shape index (κ3) is 6.05. The first-order valence-electron chi connectivity index (χ1n) is 5.84. The minimum Gasteiger partial charge on any atom is -0.325 e. The number of amides is 1. The summed E-state index contributed by atoms with van der Waals surface area (Å²) in [6.45, 7) is 4.04. The van der Waals surface area contributed by atoms with E-state index in [0.29, 0.717) is 6.42 Å². The van der Waals surface area contributed by atoms with E-state index in [-0.39, 0.29) is 11.4 Å². The molecule has 0 unspecified atom stereocenters. The van der Waals surface area contributed by atoms with Crippen molar-refractivity contribution in [2.75, 3.05) is 5.75 Å². The van der Waals surface area contributed by atoms with Gasteiger partial charge in [-0.3, -0.25) is 10.2 Å². The summed E-state index contributed by atoms with van der Waals surface area (Å²) >= 11 is 1.81. The van der Waals surface area contributed by atoms with E-state index in [0.717, 1.165) is 17.1 Å². The maximum Gasteiger partial charge on any atom is 0.238 e. The maximum atomic E-state index is 11.1. The molecule has 0 aliphatic heterocycles. The molecule has 4 nitrogen and oxygen atoms in total. The van der Waals surface area contributed by atoms with E-state index in [9.17, 15) is 4.79 Å². The molecule has 100 valence electrons. The van der Waals surface area contributed by atoms with Crippen molar-refractivity contribution >= 4 is 17.7 Å². The van der Waals surface area contributed by atoms with Gasteiger partial charge in [0.1, 0.15) is 0 Å². The summed E-state index contributed by atoms with van der Waals surface area (Å²) in [5.41, 5.74) is 10.1. The Hall–Kier alpha value is -1.04. The van der Waals surface area contributed by atoms with E-state index in [4.69, 9.17) is 11.6 Å². The van der Waals surface area contributed by atoms with E-state index in [1.807, 2.05) is 49.9 Å². The molecule has 1 rings (SSSR count). The molecular weight excluding hydrogens is 246 g/mol. The SMILES string of the molecule is CC(C)(N)CSCc1ccc(CC(=O)NN)cc1. The van der Waals surface area contributed by atoms with Gasteiger partial charge in [-0.25, -0.2) is 5.84 Å². The summed E-state index contributed by atoms with van der Waals surface area (Å²) in [7, 11) is 0. The van der Waals surface area contributed by atoms with Crippen molar-refractivity contribution in [1.29, 1.82) is 0 Å². The van der Waals surface area contributed by atoms with Gasteiger partial charge in [0.2, 0.25) is 5.91 Å². The quantitative estimate of drug-likeness (QED) is 0.411. The Morgan fingerprint density at radius 1 is 1.28 bits per heavy atom. The molecule has 0 aliphatic rings. The zero-order chi connectivity index (χ0) is 13.6. The van der Waals surface area contributed by atoms with Gasteiger partial charge in [0.05, 0.1) is 6.42 Å². The Morgan fingerprint density at radius 2 is 1.83 bits per heavy atom. The molecule has 5 heteroatoms. The monoisotopic (exact) mass is 267 g/mol. The van der Waals surface area contributed by atoms with Crippen LogP contribution >= 0.6 is 11.8 Å². The first-order chi connectivity index (χ1) is 8.40. The molecule has 0 saturated carbocycles. The Labute approximate surface area is 112 Å². The van der Waals surface area contributed by atoms with Crippen LogP contribution in [0.5, 0.6) is 0 Å². The first-order valence-corrected chi connectivity index (χ1v) is 7.00. The molecule has 0 spiro atoms. The van der Waals surface area contributed by atoms with Crippen LogP contribution < -0.4 is 17.0 Å². The topological polar surface area (TPSA) is 81.1 Å². The van der Waals surface area contributed by atoms with Gasteiger partial charge in [-0.2, -0.15) is 11.8 Å². The third-order valence-electron chi connectivity index (χ3n) is 2.29. The van der Waals surface area contributed by atoms with Crippen LogP contribution in [0.1, 0.15) is 25.0 Å². The van der Waals surface area contributed by atoms with Gasteiger partial charge >= 0.3 is 0 Å². The van der Waals surface area contributed by atoms with Crippen LogP contribution in [-0.4, -0.2) is 17.2 Å². The van der Waals surface area contributed by atoms with Crippen molar-refractivity contribution in [1.82, 2.24) is 5.43 Å². The number of hydrazine groups is 1. The molecular formula is C13H21N3OS. The molecule has 0 aromatic heterocycles. The molecule has 18 heavy (non-hydrogen) atoms. The van der Waals surface area contributed by atoms with Crippen molar-refractivity contribution in [3.63, 3.8) is 0 Å². The van der Waals surface area contributed by atoms with E-state index >= 15 is 0 Å². The lowest BCUT2D eigenvalue weighted by molar-refractivity contribution is -0.120. The molecule has 1 amide bonds. The highest BCUT2D eigenvalue weighted by Gasteiger charge is 2.10. The Bertz CT molecular complexity index is 384. The lowest BCUT2D eigenvalue weighted by atomic mass is 10.1. The highest BCUT2D eigenvalue weighted by Crippen LogP contribution is 2.17. The predicted octanol–water partition coefficient (Wildman–Crippen LogP) is 1.19. The van der Waals surface area contributed by atoms with Gasteiger partial charge in [0.15, 0.2) is 0 Å². The van der Waals surface area contributed by atoms with E-state index in [1.165, 1.54) is 5.56 Å². The largest absolute Gasteiger partial charge is 0.325 e. The number of hydrogen-bond acceptors (Lipinski definition) is 4. The summed E-state index contributed by atoms with van der Waals surface area (Å²) in [6.07, 6.45) is 0.319. The number of carbonyl (C=O) groups is 1. The fraction of sp³-hybridized carbons (Fsp3) is 0.462. The number of hydrogen-bond donors (Lipinski definition) is 3. The second kappa shape index (κ2) is 6.78. The molecule has 0 aliphatic carbocycles. The van der Waals surface area contributed by atoms with Crippen LogP contribution in [0.25, 0.3) is 0 Å². The third-order valence-corrected chi connectivity index (χ3v) is 3.78. The molecule has 5 N–H and O–H groups in total. The zero-order valence-corrected chi connectivity index (χ0v) is 11.7. The van der Waals surface area contributed by atoms with Gasteiger partial charge in [-0.05, 0) is 25.0 Å². The average Bonchev–Trinajstić information content (AvgIpc) is 2.29. The molecule has 1 aromatic carbocycles. The van der Waals surface area contributed by atoms with Crippen molar-refractivity contribution < 1.29 is 4.79 Å². The van der Waals surface area contributed by atoms with E-state index < -0.39 is 0 Å². The molecule has 0 radical (unpaired) electrons. The number of nitrogens with two attached hydrogens (primary N) is 2. The minimum atomic E-state index is -0.179. The lowest BCUT2D eigenvalue weighted by Gasteiger charge is -2.17. The summed E-state index contributed by atoms with van der Waals surface area (Å²) in [5, 5.41) is 0. The number of nitrogens with one attached hydrogen (secondary N) is 1. The normalized spacial score (nSPS) is 11.3. The first kappa shape index (κ1) is 15.0. The molecule has 0 atom stereocenters. The summed E-state index contributed by atoms with van der Waals surface area (Å²) in [6, 6.07) is 7.99. The zero-order valence-electron chi connectivity index (χ0n) is 10.9. The summed E-state index contributed by atoms with van der Waals surface area (Å²) in [4.78, 5) is 11.1. The molecule has 0 heterocycles. The Balaban J connectivity index is 2.43. The molecule has 0 saturated heterocycles. The summed E-state index contributed by atoms with van der Waals surface area (Å²) < 4.78 is 0. The number of thioether (sulfide) groups is 1. The van der Waals surface area contributed by atoms with Crippen molar-refractivity contribution in [2.24, 2.45) is 11.6 Å². The number of rotatable bonds is 6. The standard InChI is InChI=1S/C13H21N3OS/c1-13(2,14)9-18-8-11-5-3-10(4-6-11)7-12(17)16-15/h3-6H,7-9,14-15H2,1-2H3,(H,16,17). The van der Waals surface area contributed by atoms with Crippen LogP contribution in [0, 0.1) is 0 Å². The van der Waals surface area contributed by atoms with Gasteiger partial charge in [0, 0.05) is 17.0 Å². The second-order valence-corrected chi connectivity index (χ2v) is 6.03. The van der Waals surface area contributed by atoms with Gasteiger partial charge in [-0.15, -0.1) is 0 Å². The Morgan fingerprint density at radius 3 is 2.33 bits per heavy atom. The van der Waals surface area contributed by atoms with E-state index in [1.54, 1.807) is 0 Å². The van der Waals surface area contributed by atoms with Gasteiger partial charge < -0.3 is 5.73 Å².